The maximum atomic E-state index is 6.25. The monoisotopic (exact) mass is 259 g/mol. The quantitative estimate of drug-likeness (QED) is 0.880. The summed E-state index contributed by atoms with van der Waals surface area (Å²) in [7, 11) is 0. The molecule has 0 radical (unpaired) electrons. The van der Waals surface area contributed by atoms with E-state index in [4.69, 9.17) is 27.9 Å². The molecular weight excluding hydrogens is 245 g/mol. The van der Waals surface area contributed by atoms with Crippen molar-refractivity contribution in [2.45, 2.75) is 26.4 Å². The lowest BCUT2D eigenvalue weighted by atomic mass is 10.1. The Hall–Kier alpha value is -0.440. The average Bonchev–Trinajstić information content (AvgIpc) is 2.74. The van der Waals surface area contributed by atoms with E-state index in [0.29, 0.717) is 15.8 Å². The Morgan fingerprint density at radius 2 is 2.12 bits per heavy atom. The van der Waals surface area contributed by atoms with Crippen molar-refractivity contribution in [3.8, 4) is 5.75 Å². The molecule has 1 fully saturated rings. The lowest BCUT2D eigenvalue weighted by Crippen LogP contribution is -2.20. The molecule has 0 aliphatic carbocycles. The SMILES string of the molecule is Cc1cc(Cl)c(O[C@@H]2CCNC2)c(Cl)c1C. The molecule has 1 aromatic rings. The second-order valence-electron chi connectivity index (χ2n) is 4.18. The minimum Gasteiger partial charge on any atom is -0.486 e. The summed E-state index contributed by atoms with van der Waals surface area (Å²) in [6.45, 7) is 5.83. The van der Waals surface area contributed by atoms with Crippen LogP contribution in [0.4, 0.5) is 0 Å². The van der Waals surface area contributed by atoms with Gasteiger partial charge in [-0.1, -0.05) is 23.2 Å². The van der Waals surface area contributed by atoms with E-state index in [2.05, 4.69) is 5.32 Å². The van der Waals surface area contributed by atoms with Crippen LogP contribution in [0.2, 0.25) is 10.0 Å². The first-order valence-electron chi connectivity index (χ1n) is 5.42. The van der Waals surface area contributed by atoms with Gasteiger partial charge in [0.05, 0.1) is 10.0 Å². The van der Waals surface area contributed by atoms with Gasteiger partial charge in [0.25, 0.3) is 0 Å². The van der Waals surface area contributed by atoms with Gasteiger partial charge in [0.2, 0.25) is 0 Å². The molecule has 4 heteroatoms. The van der Waals surface area contributed by atoms with Gasteiger partial charge in [-0.05, 0) is 44.0 Å². The van der Waals surface area contributed by atoms with E-state index in [-0.39, 0.29) is 6.10 Å². The van der Waals surface area contributed by atoms with Gasteiger partial charge in [-0.25, -0.2) is 0 Å². The normalized spacial score (nSPS) is 20.1. The van der Waals surface area contributed by atoms with Gasteiger partial charge in [-0.2, -0.15) is 0 Å². The van der Waals surface area contributed by atoms with E-state index < -0.39 is 0 Å². The van der Waals surface area contributed by atoms with Crippen LogP contribution in [0.5, 0.6) is 5.75 Å². The third-order valence-electron chi connectivity index (χ3n) is 2.98. The fraction of sp³-hybridized carbons (Fsp3) is 0.500. The molecule has 1 aromatic carbocycles. The van der Waals surface area contributed by atoms with Gasteiger partial charge in [-0.15, -0.1) is 0 Å². The number of nitrogens with one attached hydrogen (secondary N) is 1. The van der Waals surface area contributed by atoms with E-state index in [1.165, 1.54) is 0 Å². The Labute approximate surface area is 106 Å². The molecule has 0 aromatic heterocycles. The lowest BCUT2D eigenvalue weighted by molar-refractivity contribution is 0.223. The third-order valence-corrected chi connectivity index (χ3v) is 3.72. The molecule has 1 heterocycles. The zero-order chi connectivity index (χ0) is 11.7. The van der Waals surface area contributed by atoms with E-state index in [1.807, 2.05) is 19.9 Å². The highest BCUT2D eigenvalue weighted by molar-refractivity contribution is 6.37. The van der Waals surface area contributed by atoms with Crippen molar-refractivity contribution in [3.63, 3.8) is 0 Å². The van der Waals surface area contributed by atoms with Gasteiger partial charge in [0.15, 0.2) is 5.75 Å². The van der Waals surface area contributed by atoms with Gasteiger partial charge >= 0.3 is 0 Å². The molecule has 0 unspecified atom stereocenters. The van der Waals surface area contributed by atoms with Crippen LogP contribution in [0.3, 0.4) is 0 Å². The summed E-state index contributed by atoms with van der Waals surface area (Å²) in [6, 6.07) is 1.90. The number of halogens is 2. The van der Waals surface area contributed by atoms with Crippen LogP contribution in [0.15, 0.2) is 6.07 Å². The topological polar surface area (TPSA) is 21.3 Å². The molecule has 16 heavy (non-hydrogen) atoms. The predicted molar refractivity (Wildman–Crippen MR) is 67.8 cm³/mol. The fourth-order valence-electron chi connectivity index (χ4n) is 1.82. The molecule has 2 nitrogen and oxygen atoms in total. The Morgan fingerprint density at radius 1 is 1.38 bits per heavy atom. The van der Waals surface area contributed by atoms with Crippen LogP contribution in [0.1, 0.15) is 17.5 Å². The molecule has 0 spiro atoms. The van der Waals surface area contributed by atoms with Crippen molar-refractivity contribution in [3.05, 3.63) is 27.2 Å². The predicted octanol–water partition coefficient (Wildman–Crippen LogP) is 3.35. The summed E-state index contributed by atoms with van der Waals surface area (Å²) < 4.78 is 5.85. The van der Waals surface area contributed by atoms with Crippen LogP contribution < -0.4 is 10.1 Å². The average molecular weight is 260 g/mol. The largest absolute Gasteiger partial charge is 0.486 e. The van der Waals surface area contributed by atoms with Crippen LogP contribution in [0, 0.1) is 13.8 Å². The molecule has 1 atom stereocenters. The van der Waals surface area contributed by atoms with Gasteiger partial charge < -0.3 is 10.1 Å². The summed E-state index contributed by atoms with van der Waals surface area (Å²) in [4.78, 5) is 0. The van der Waals surface area contributed by atoms with Crippen molar-refractivity contribution >= 4 is 23.2 Å². The second-order valence-corrected chi connectivity index (χ2v) is 4.96. The van der Waals surface area contributed by atoms with Crippen molar-refractivity contribution in [1.29, 1.82) is 0 Å². The van der Waals surface area contributed by atoms with Crippen LogP contribution >= 0.6 is 23.2 Å². The fourth-order valence-corrected chi connectivity index (χ4v) is 2.46. The van der Waals surface area contributed by atoms with Crippen molar-refractivity contribution in [1.82, 2.24) is 5.32 Å². The van der Waals surface area contributed by atoms with Crippen LogP contribution in [-0.4, -0.2) is 19.2 Å². The van der Waals surface area contributed by atoms with Crippen LogP contribution in [0.25, 0.3) is 0 Å². The van der Waals surface area contributed by atoms with E-state index in [9.17, 15) is 0 Å². The van der Waals surface area contributed by atoms with Gasteiger partial charge in [-0.3, -0.25) is 0 Å². The standard InChI is InChI=1S/C12H15Cl2NO/c1-7-5-10(13)12(11(14)8(7)2)16-9-3-4-15-6-9/h5,9,15H,3-4,6H2,1-2H3/t9-/m1/s1. The van der Waals surface area contributed by atoms with E-state index >= 15 is 0 Å². The molecule has 88 valence electrons. The molecule has 0 saturated carbocycles. The molecule has 2 rings (SSSR count). The molecule has 1 saturated heterocycles. The number of benzene rings is 1. The van der Waals surface area contributed by atoms with Gasteiger partial charge in [0, 0.05) is 6.54 Å². The zero-order valence-corrected chi connectivity index (χ0v) is 11.0. The number of aryl methyl sites for hydroxylation is 1. The maximum absolute atomic E-state index is 6.25. The number of ether oxygens (including phenoxy) is 1. The summed E-state index contributed by atoms with van der Waals surface area (Å²) >= 11 is 12.4. The smallest absolute Gasteiger partial charge is 0.157 e. The summed E-state index contributed by atoms with van der Waals surface area (Å²) in [5.41, 5.74) is 2.12. The summed E-state index contributed by atoms with van der Waals surface area (Å²) in [5, 5.41) is 4.48. The first kappa shape index (κ1) is 12.0. The lowest BCUT2D eigenvalue weighted by Gasteiger charge is -2.17. The van der Waals surface area contributed by atoms with E-state index in [0.717, 1.165) is 30.6 Å². The molecule has 0 bridgehead atoms. The number of hydrogen-bond acceptors (Lipinski definition) is 2. The molecule has 1 N–H and O–H groups in total. The minimum atomic E-state index is 0.178. The third kappa shape index (κ3) is 2.29. The second kappa shape index (κ2) is 4.82. The minimum absolute atomic E-state index is 0.178. The maximum Gasteiger partial charge on any atom is 0.157 e. The Bertz CT molecular complexity index is 400. The Morgan fingerprint density at radius 3 is 2.75 bits per heavy atom. The molecule has 1 aliphatic rings. The zero-order valence-electron chi connectivity index (χ0n) is 9.44. The van der Waals surface area contributed by atoms with E-state index in [1.54, 1.807) is 0 Å². The molecule has 1 aliphatic heterocycles. The van der Waals surface area contributed by atoms with Crippen molar-refractivity contribution in [2.75, 3.05) is 13.1 Å². The summed E-state index contributed by atoms with van der Waals surface area (Å²) in [5.74, 6) is 0.625. The van der Waals surface area contributed by atoms with Crippen molar-refractivity contribution in [2.24, 2.45) is 0 Å². The summed E-state index contributed by atoms with van der Waals surface area (Å²) in [6.07, 6.45) is 1.18. The number of hydrogen-bond donors (Lipinski definition) is 1. The first-order valence-corrected chi connectivity index (χ1v) is 6.17. The highest BCUT2D eigenvalue weighted by atomic mass is 35.5. The molecular formula is C12H15Cl2NO. The Kier molecular flexibility index (Phi) is 3.63. The Balaban J connectivity index is 2.28. The molecule has 0 amide bonds. The number of rotatable bonds is 2. The van der Waals surface area contributed by atoms with Crippen LogP contribution in [-0.2, 0) is 0 Å². The van der Waals surface area contributed by atoms with Gasteiger partial charge in [0.1, 0.15) is 6.10 Å². The first-order chi connectivity index (χ1) is 7.59. The highest BCUT2D eigenvalue weighted by Crippen LogP contribution is 2.38. The highest BCUT2D eigenvalue weighted by Gasteiger charge is 2.20. The van der Waals surface area contributed by atoms with Crippen molar-refractivity contribution < 1.29 is 4.74 Å².